The molecule has 1 saturated heterocycles. The number of esters is 1. The van der Waals surface area contributed by atoms with Crippen molar-refractivity contribution in [2.75, 3.05) is 12.4 Å². The number of fused-ring (bicyclic) bond motifs is 1. The molecule has 0 aromatic heterocycles. The highest BCUT2D eigenvalue weighted by atomic mass is 32.2. The molecule has 0 saturated carbocycles. The van der Waals surface area contributed by atoms with Crippen molar-refractivity contribution < 1.29 is 38.9 Å². The van der Waals surface area contributed by atoms with Gasteiger partial charge in [0.2, 0.25) is 5.91 Å². The van der Waals surface area contributed by atoms with Gasteiger partial charge in [-0.2, -0.15) is 0 Å². The smallest absolute Gasteiger partial charge is 0.352 e. The van der Waals surface area contributed by atoms with Crippen molar-refractivity contribution in [3.63, 3.8) is 0 Å². The van der Waals surface area contributed by atoms with Crippen LogP contribution < -0.4 is 11.1 Å². The standard InChI is InChI=1S/C16H21N3O8S/c1-7(20)27-5-8-6-28-14-11(13(22)19(14)12(8)16(25)26)18-10(21)4-2-3-9(17)15(23)24/h9,11,14H,2-6,17H2,1H3,(H,18,21)(H,23,24)(H,25,26)/t9-,11+,14-/m0/s1. The number of rotatable bonds is 9. The van der Waals surface area contributed by atoms with E-state index in [-0.39, 0.29) is 37.3 Å². The zero-order valence-corrected chi connectivity index (χ0v) is 15.9. The highest BCUT2D eigenvalue weighted by Crippen LogP contribution is 2.40. The fraction of sp³-hybridized carbons (Fsp3) is 0.562. The van der Waals surface area contributed by atoms with Crippen LogP contribution in [0.4, 0.5) is 0 Å². The normalized spacial score (nSPS) is 22.1. The summed E-state index contributed by atoms with van der Waals surface area (Å²) in [6, 6.07) is -1.92. The number of carboxylic acid groups (broad SMARTS) is 2. The minimum atomic E-state index is -1.31. The van der Waals surface area contributed by atoms with Gasteiger partial charge in [0.15, 0.2) is 0 Å². The van der Waals surface area contributed by atoms with Crippen LogP contribution in [0.15, 0.2) is 11.3 Å². The van der Waals surface area contributed by atoms with E-state index >= 15 is 0 Å². The van der Waals surface area contributed by atoms with Gasteiger partial charge in [-0.15, -0.1) is 11.8 Å². The Morgan fingerprint density at radius 3 is 2.61 bits per heavy atom. The van der Waals surface area contributed by atoms with Gasteiger partial charge in [-0.05, 0) is 12.8 Å². The van der Waals surface area contributed by atoms with E-state index in [0.717, 1.165) is 4.90 Å². The third-order valence-corrected chi connectivity index (χ3v) is 5.59. The molecular weight excluding hydrogens is 394 g/mol. The van der Waals surface area contributed by atoms with Crippen LogP contribution in [0.2, 0.25) is 0 Å². The highest BCUT2D eigenvalue weighted by molar-refractivity contribution is 8.00. The minimum Gasteiger partial charge on any atom is -0.480 e. The number of carbonyl (C=O) groups is 5. The Labute approximate surface area is 164 Å². The van der Waals surface area contributed by atoms with Gasteiger partial charge in [-0.1, -0.05) is 0 Å². The first-order chi connectivity index (χ1) is 13.1. The maximum Gasteiger partial charge on any atom is 0.352 e. The summed E-state index contributed by atoms with van der Waals surface area (Å²) >= 11 is 1.26. The Bertz CT molecular complexity index is 737. The average Bonchev–Trinajstić information content (AvgIpc) is 2.62. The van der Waals surface area contributed by atoms with Crippen molar-refractivity contribution in [2.45, 2.75) is 43.6 Å². The summed E-state index contributed by atoms with van der Waals surface area (Å²) in [6.45, 7) is 0.977. The number of hydrogen-bond donors (Lipinski definition) is 4. The zero-order chi connectivity index (χ0) is 21.0. The van der Waals surface area contributed by atoms with Crippen molar-refractivity contribution in [2.24, 2.45) is 5.73 Å². The van der Waals surface area contributed by atoms with Crippen molar-refractivity contribution >= 4 is 41.5 Å². The maximum atomic E-state index is 12.4. The van der Waals surface area contributed by atoms with E-state index in [9.17, 15) is 29.1 Å². The summed E-state index contributed by atoms with van der Waals surface area (Å²) in [7, 11) is 0. The second-order valence-electron chi connectivity index (χ2n) is 6.33. The van der Waals surface area contributed by atoms with Gasteiger partial charge < -0.3 is 26.0 Å². The maximum absolute atomic E-state index is 12.4. The first-order valence-electron chi connectivity index (χ1n) is 8.44. The highest BCUT2D eigenvalue weighted by Gasteiger charge is 2.54. The molecule has 2 rings (SSSR count). The van der Waals surface area contributed by atoms with Gasteiger partial charge >= 0.3 is 17.9 Å². The van der Waals surface area contributed by atoms with Crippen molar-refractivity contribution in [3.8, 4) is 0 Å². The van der Waals surface area contributed by atoms with E-state index in [1.807, 2.05) is 0 Å². The van der Waals surface area contributed by atoms with Gasteiger partial charge in [0.25, 0.3) is 5.91 Å². The van der Waals surface area contributed by atoms with Gasteiger partial charge in [-0.25, -0.2) is 4.79 Å². The van der Waals surface area contributed by atoms with Gasteiger partial charge in [-0.3, -0.25) is 24.1 Å². The molecule has 2 aliphatic rings. The SMILES string of the molecule is CC(=O)OCC1=C(C(=O)O)N2C(=O)[C@@H](NC(=O)CCC[C@H](N)C(=O)O)[C@@H]2SC1. The molecule has 0 spiro atoms. The minimum absolute atomic E-state index is 0.00146. The lowest BCUT2D eigenvalue weighted by Gasteiger charge is -2.49. The van der Waals surface area contributed by atoms with Crippen molar-refractivity contribution in [1.29, 1.82) is 0 Å². The molecule has 2 heterocycles. The van der Waals surface area contributed by atoms with Crippen LogP contribution in [0.25, 0.3) is 0 Å². The third-order valence-electron chi connectivity index (χ3n) is 4.25. The van der Waals surface area contributed by atoms with Crippen LogP contribution in [0, 0.1) is 0 Å². The molecule has 0 aliphatic carbocycles. The van der Waals surface area contributed by atoms with Crippen LogP contribution in [0.3, 0.4) is 0 Å². The van der Waals surface area contributed by atoms with Crippen molar-refractivity contribution in [3.05, 3.63) is 11.3 Å². The predicted molar refractivity (Wildman–Crippen MR) is 95.8 cm³/mol. The molecule has 11 nitrogen and oxygen atoms in total. The number of carbonyl (C=O) groups excluding carboxylic acids is 3. The summed E-state index contributed by atoms with van der Waals surface area (Å²) in [5.41, 5.74) is 5.44. The first-order valence-corrected chi connectivity index (χ1v) is 9.49. The monoisotopic (exact) mass is 415 g/mol. The second-order valence-corrected chi connectivity index (χ2v) is 7.43. The molecule has 5 N–H and O–H groups in total. The Morgan fingerprint density at radius 1 is 1.36 bits per heavy atom. The number of hydrogen-bond acceptors (Lipinski definition) is 8. The van der Waals surface area contributed by atoms with Gasteiger partial charge in [0.1, 0.15) is 29.8 Å². The summed E-state index contributed by atoms with van der Waals surface area (Å²) in [5, 5.41) is 20.1. The fourth-order valence-electron chi connectivity index (χ4n) is 2.83. The van der Waals surface area contributed by atoms with E-state index in [4.69, 9.17) is 15.6 Å². The predicted octanol–water partition coefficient (Wildman–Crippen LogP) is -1.13. The molecule has 154 valence electrons. The molecule has 0 aromatic rings. The van der Waals surface area contributed by atoms with Crippen molar-refractivity contribution in [1.82, 2.24) is 10.2 Å². The molecule has 0 aromatic carbocycles. The Balaban J connectivity index is 1.96. The topological polar surface area (TPSA) is 176 Å². The Morgan fingerprint density at radius 2 is 2.04 bits per heavy atom. The van der Waals surface area contributed by atoms with Crippen LogP contribution in [0.1, 0.15) is 26.2 Å². The lowest BCUT2D eigenvalue weighted by molar-refractivity contribution is -0.151. The lowest BCUT2D eigenvalue weighted by Crippen LogP contribution is -2.70. The van der Waals surface area contributed by atoms with Gasteiger partial charge in [0.05, 0.1) is 0 Å². The number of thioether (sulfide) groups is 1. The lowest BCUT2D eigenvalue weighted by atomic mass is 10.0. The number of nitrogens with zero attached hydrogens (tertiary/aromatic N) is 1. The number of aliphatic carboxylic acids is 2. The molecule has 12 heteroatoms. The van der Waals surface area contributed by atoms with Crippen LogP contribution in [0.5, 0.6) is 0 Å². The molecule has 0 unspecified atom stereocenters. The molecule has 0 bridgehead atoms. The van der Waals surface area contributed by atoms with Gasteiger partial charge in [0, 0.05) is 24.7 Å². The number of nitrogens with one attached hydrogen (secondary N) is 1. The summed E-state index contributed by atoms with van der Waals surface area (Å²) in [4.78, 5) is 58.7. The number of amides is 2. The Hall–Kier alpha value is -2.60. The number of ether oxygens (including phenoxy) is 1. The van der Waals surface area contributed by atoms with E-state index in [2.05, 4.69) is 5.32 Å². The van der Waals surface area contributed by atoms with E-state index in [0.29, 0.717) is 5.57 Å². The summed E-state index contributed by atoms with van der Waals surface area (Å²) in [5.74, 6) is -3.79. The molecular formula is C16H21N3O8S. The molecule has 2 amide bonds. The van der Waals surface area contributed by atoms with Crippen LogP contribution >= 0.6 is 11.8 Å². The van der Waals surface area contributed by atoms with E-state index in [1.165, 1.54) is 18.7 Å². The molecule has 1 fully saturated rings. The zero-order valence-electron chi connectivity index (χ0n) is 15.0. The summed E-state index contributed by atoms with van der Waals surface area (Å²) in [6.07, 6.45) is 0.368. The molecule has 3 atom stereocenters. The van der Waals surface area contributed by atoms with E-state index < -0.39 is 47.2 Å². The largest absolute Gasteiger partial charge is 0.480 e. The molecule has 28 heavy (non-hydrogen) atoms. The third kappa shape index (κ3) is 4.81. The summed E-state index contributed by atoms with van der Waals surface area (Å²) < 4.78 is 4.84. The van der Waals surface area contributed by atoms with Crippen LogP contribution in [-0.4, -0.2) is 74.7 Å². The number of carboxylic acids is 2. The Kier molecular flexibility index (Phi) is 7.02. The first kappa shape index (κ1) is 21.7. The fourth-order valence-corrected chi connectivity index (χ4v) is 4.16. The van der Waals surface area contributed by atoms with E-state index in [1.54, 1.807) is 0 Å². The number of β-lactam (4-membered cyclic amide) rings is 1. The number of nitrogens with two attached hydrogens (primary N) is 1. The average molecular weight is 415 g/mol. The quantitative estimate of drug-likeness (QED) is 0.266. The molecule has 0 radical (unpaired) electrons. The second kappa shape index (κ2) is 9.06. The molecule has 2 aliphatic heterocycles. The van der Waals surface area contributed by atoms with Crippen LogP contribution in [-0.2, 0) is 28.7 Å².